The molecule has 4 aromatic heterocycles. The summed E-state index contributed by atoms with van der Waals surface area (Å²) < 4.78 is 117. The van der Waals surface area contributed by atoms with E-state index in [1.807, 2.05) is 0 Å². The van der Waals surface area contributed by atoms with Crippen LogP contribution in [0, 0.1) is 17.6 Å². The molecule has 0 saturated heterocycles. The van der Waals surface area contributed by atoms with Gasteiger partial charge in [0.2, 0.25) is 15.9 Å². The van der Waals surface area contributed by atoms with Gasteiger partial charge < -0.3 is 5.32 Å². The Morgan fingerprint density at radius 2 is 1.83 bits per heavy atom. The van der Waals surface area contributed by atoms with Crippen LogP contribution in [0.4, 0.5) is 32.2 Å². The van der Waals surface area contributed by atoms with Crippen molar-refractivity contribution in [3.63, 3.8) is 0 Å². The number of nitrogens with one attached hydrogen (secondary N) is 2. The first-order valence-electron chi connectivity index (χ1n) is 15.9. The first-order valence-corrected chi connectivity index (χ1v) is 19.0. The number of thiazole rings is 1. The maximum Gasteiger partial charge on any atom is 0.293 e. The van der Waals surface area contributed by atoms with Crippen molar-refractivity contribution in [3.05, 3.63) is 86.8 Å². The molecule has 3 atom stereocenters. The number of amides is 1. The number of halogens is 7. The van der Waals surface area contributed by atoms with Crippen LogP contribution in [0.15, 0.2) is 41.9 Å². The summed E-state index contributed by atoms with van der Waals surface area (Å²) in [6.45, 7) is -0.875. The smallest absolute Gasteiger partial charge is 0.293 e. The Morgan fingerprint density at radius 1 is 1.09 bits per heavy atom. The van der Waals surface area contributed by atoms with Gasteiger partial charge in [-0.1, -0.05) is 17.7 Å². The number of rotatable bonds is 10. The number of fused-ring (bicyclic) bond motifs is 5. The predicted molar refractivity (Wildman–Crippen MR) is 183 cm³/mol. The fourth-order valence-corrected chi connectivity index (χ4v) is 8.66. The van der Waals surface area contributed by atoms with E-state index in [1.54, 1.807) is 19.2 Å². The van der Waals surface area contributed by atoms with E-state index in [0.29, 0.717) is 32.1 Å². The van der Waals surface area contributed by atoms with Crippen LogP contribution in [0.25, 0.3) is 32.4 Å². The fraction of sp³-hybridized carbons (Fsp3) is 0.303. The summed E-state index contributed by atoms with van der Waals surface area (Å²) in [6.07, 6.45) is -2.44. The number of hydrogen-bond acceptors (Lipinski definition) is 8. The van der Waals surface area contributed by atoms with Crippen molar-refractivity contribution in [3.8, 4) is 11.1 Å². The minimum Gasteiger partial charge on any atom is -0.346 e. The number of alkyl halides is 4. The second-order valence-electron chi connectivity index (χ2n) is 13.0. The molecule has 2 N–H and O–H groups in total. The Morgan fingerprint density at radius 3 is 2.53 bits per heavy atom. The van der Waals surface area contributed by atoms with E-state index >= 15 is 8.78 Å². The van der Waals surface area contributed by atoms with Gasteiger partial charge in [0.15, 0.2) is 11.5 Å². The number of hydrogen-bond donors (Lipinski definition) is 2. The van der Waals surface area contributed by atoms with E-state index in [2.05, 4.69) is 25.2 Å². The van der Waals surface area contributed by atoms with Gasteiger partial charge >= 0.3 is 0 Å². The maximum atomic E-state index is 15.3. The van der Waals surface area contributed by atoms with Crippen LogP contribution in [0.3, 0.4) is 0 Å². The Hall–Kier alpha value is -4.75. The molecular formula is C33H25ClF6N8O3S2. The average Bonchev–Trinajstić information content (AvgIpc) is 3.28. The van der Waals surface area contributed by atoms with Crippen molar-refractivity contribution in [2.45, 2.75) is 43.7 Å². The summed E-state index contributed by atoms with van der Waals surface area (Å²) in [6, 6.07) is 6.38. The van der Waals surface area contributed by atoms with E-state index in [9.17, 15) is 30.8 Å². The van der Waals surface area contributed by atoms with Crippen molar-refractivity contribution in [2.75, 3.05) is 11.0 Å². The number of pyridine rings is 1. The van der Waals surface area contributed by atoms with E-state index in [1.165, 1.54) is 27.6 Å². The van der Waals surface area contributed by atoms with Crippen LogP contribution in [0.5, 0.6) is 0 Å². The summed E-state index contributed by atoms with van der Waals surface area (Å²) in [5, 5.41) is 11.2. The normalized spacial score (nSPS) is 18.1. The number of carbonyl (C=O) groups excluding carboxylic acids is 1. The number of carbonyl (C=O) groups is 1. The zero-order valence-corrected chi connectivity index (χ0v) is 29.7. The Labute approximate surface area is 305 Å². The molecule has 2 aliphatic rings. The van der Waals surface area contributed by atoms with Crippen LogP contribution < -0.4 is 10.0 Å². The van der Waals surface area contributed by atoms with Crippen molar-refractivity contribution in [1.82, 2.24) is 34.8 Å². The summed E-state index contributed by atoms with van der Waals surface area (Å²) in [7, 11) is -2.24. The van der Waals surface area contributed by atoms with Crippen molar-refractivity contribution in [2.24, 2.45) is 13.0 Å². The number of benzene rings is 2. The highest BCUT2D eigenvalue weighted by Gasteiger charge is 2.67. The lowest BCUT2D eigenvalue weighted by Crippen LogP contribution is -2.35. The molecule has 11 nitrogen and oxygen atoms in total. The topological polar surface area (TPSA) is 137 Å². The minimum atomic E-state index is -3.80. The lowest BCUT2D eigenvalue weighted by molar-refractivity contribution is -0.123. The molecule has 6 aromatic rings. The van der Waals surface area contributed by atoms with Gasteiger partial charge in [0.1, 0.15) is 29.6 Å². The second kappa shape index (κ2) is 12.4. The number of anilines is 1. The van der Waals surface area contributed by atoms with Gasteiger partial charge in [0.05, 0.1) is 44.1 Å². The molecule has 276 valence electrons. The highest BCUT2D eigenvalue weighted by atomic mass is 35.5. The first-order chi connectivity index (χ1) is 25.0. The molecule has 1 fully saturated rings. The molecule has 1 amide bonds. The van der Waals surface area contributed by atoms with Gasteiger partial charge in [-0.2, -0.15) is 19.0 Å². The van der Waals surface area contributed by atoms with E-state index in [-0.39, 0.29) is 51.5 Å². The molecule has 0 bridgehead atoms. The minimum absolute atomic E-state index is 0.0395. The lowest BCUT2D eigenvalue weighted by Gasteiger charge is -2.23. The number of sulfonamides is 1. The van der Waals surface area contributed by atoms with Gasteiger partial charge in [-0.15, -0.1) is 11.3 Å². The molecule has 0 radical (unpaired) electrons. The summed E-state index contributed by atoms with van der Waals surface area (Å²) >= 11 is 7.81. The zero-order chi connectivity index (χ0) is 37.7. The highest BCUT2D eigenvalue weighted by molar-refractivity contribution is 7.92. The van der Waals surface area contributed by atoms with Gasteiger partial charge in [0, 0.05) is 35.7 Å². The largest absolute Gasteiger partial charge is 0.346 e. The second-order valence-corrected chi connectivity index (χ2v) is 16.1. The van der Waals surface area contributed by atoms with Gasteiger partial charge in [-0.05, 0) is 48.6 Å². The maximum absolute atomic E-state index is 15.3. The lowest BCUT2D eigenvalue weighted by atomic mass is 9.94. The Balaban J connectivity index is 1.26. The SMILES string of the molecule is Cn1nc(NS(C)(=O)=O)c2c(Cl)ccc(-c3cc4scnc4nc3C(Cc3cc(F)cc(F)c3)NC(=O)Cn3nc(C(F)F)c4c3C(F)(F)[C@@H]3C[C@H]43)c21. The monoisotopic (exact) mass is 794 g/mol. The van der Waals surface area contributed by atoms with Crippen LogP contribution in [0.1, 0.15) is 53.0 Å². The van der Waals surface area contributed by atoms with Crippen molar-refractivity contribution < 1.29 is 39.6 Å². The van der Waals surface area contributed by atoms with Crippen LogP contribution >= 0.6 is 22.9 Å². The van der Waals surface area contributed by atoms with E-state index in [4.69, 9.17) is 16.6 Å². The molecular weight excluding hydrogens is 770 g/mol. The Kier molecular flexibility index (Phi) is 8.26. The van der Waals surface area contributed by atoms with Crippen LogP contribution in [-0.4, -0.2) is 50.1 Å². The molecule has 53 heavy (non-hydrogen) atoms. The molecule has 8 rings (SSSR count). The summed E-state index contributed by atoms with van der Waals surface area (Å²) in [5.41, 5.74) is 1.34. The zero-order valence-electron chi connectivity index (χ0n) is 27.3. The summed E-state index contributed by atoms with van der Waals surface area (Å²) in [4.78, 5) is 22.9. The van der Waals surface area contributed by atoms with E-state index in [0.717, 1.165) is 18.4 Å². The van der Waals surface area contributed by atoms with Crippen molar-refractivity contribution in [1.29, 1.82) is 0 Å². The number of aryl methyl sites for hydroxylation is 1. The summed E-state index contributed by atoms with van der Waals surface area (Å²) in [5.74, 6) is -8.19. The molecule has 0 aliphatic heterocycles. The van der Waals surface area contributed by atoms with Crippen LogP contribution in [-0.2, 0) is 40.8 Å². The molecule has 4 heterocycles. The highest BCUT2D eigenvalue weighted by Crippen LogP contribution is 2.68. The quantitative estimate of drug-likeness (QED) is 0.143. The third kappa shape index (κ3) is 6.17. The molecule has 2 aromatic carbocycles. The molecule has 2 aliphatic carbocycles. The molecule has 0 spiro atoms. The number of nitrogens with zero attached hydrogens (tertiary/aromatic N) is 6. The standard InChI is InChI=1S/C33H25ClF6N8O3S2/c1-47-28-16(3-4-20(34)25(28)32(45-47)46-53(2,50)51)17-10-22-31(41-12-52-22)43-26(17)21(7-13-5-14(35)8-15(36)6-13)42-23(49)11-48-29-24(27(44-48)30(37)38)18-9-19(18)33(29,39)40/h3-6,8,10,12,18-19,21,30H,7,9,11H2,1-2H3,(H,42,49)(H,45,46)/t18-,19+,21?/m0/s1. The van der Waals surface area contributed by atoms with Gasteiger partial charge in [-0.3, -0.25) is 18.9 Å². The third-order valence-corrected chi connectivity index (χ3v) is 11.0. The first kappa shape index (κ1) is 35.3. The third-order valence-electron chi connectivity index (χ3n) is 9.35. The average molecular weight is 795 g/mol. The predicted octanol–water partition coefficient (Wildman–Crippen LogP) is 6.99. The number of aromatic nitrogens is 6. The van der Waals surface area contributed by atoms with Crippen LogP contribution in [0.2, 0.25) is 5.02 Å². The fourth-order valence-electron chi connectivity index (χ4n) is 7.27. The molecule has 20 heteroatoms. The van der Waals surface area contributed by atoms with Gasteiger partial charge in [0.25, 0.3) is 12.3 Å². The van der Waals surface area contributed by atoms with Gasteiger partial charge in [-0.25, -0.2) is 35.9 Å². The van der Waals surface area contributed by atoms with E-state index < -0.39 is 75.7 Å². The molecule has 1 saturated carbocycles. The Bertz CT molecular complexity index is 2590. The van der Waals surface area contributed by atoms with Crippen molar-refractivity contribution >= 4 is 65.9 Å². The molecule has 1 unspecified atom stereocenters.